The number of nitrogens with one attached hydrogen (secondary N) is 2. The van der Waals surface area contributed by atoms with Crippen molar-refractivity contribution in [2.24, 2.45) is 0 Å². The van der Waals surface area contributed by atoms with E-state index in [9.17, 15) is 9.59 Å². The van der Waals surface area contributed by atoms with Crippen LogP contribution in [0.5, 0.6) is 0 Å². The molecule has 188 valence electrons. The smallest absolute Gasteiger partial charge is 0.243 e. The lowest BCUT2D eigenvalue weighted by atomic mass is 9.63. The van der Waals surface area contributed by atoms with Gasteiger partial charge >= 0.3 is 0 Å². The van der Waals surface area contributed by atoms with Crippen LogP contribution in [0.4, 0.5) is 0 Å². The van der Waals surface area contributed by atoms with E-state index in [2.05, 4.69) is 29.6 Å². The molecular weight excluding hydrogens is 481 g/mol. The van der Waals surface area contributed by atoms with Gasteiger partial charge < -0.3 is 15.5 Å². The van der Waals surface area contributed by atoms with Crippen molar-refractivity contribution in [1.82, 2.24) is 15.5 Å². The van der Waals surface area contributed by atoms with E-state index < -0.39 is 11.5 Å². The first kappa shape index (κ1) is 26.0. The van der Waals surface area contributed by atoms with Crippen LogP contribution >= 0.6 is 23.2 Å². The summed E-state index contributed by atoms with van der Waals surface area (Å²) in [4.78, 5) is 29.4. The third-order valence-corrected chi connectivity index (χ3v) is 8.29. The summed E-state index contributed by atoms with van der Waals surface area (Å²) < 4.78 is 0. The second kappa shape index (κ2) is 11.3. The Morgan fingerprint density at radius 2 is 1.51 bits per heavy atom. The molecule has 4 rings (SSSR count). The Labute approximate surface area is 218 Å². The molecule has 2 N–H and O–H groups in total. The summed E-state index contributed by atoms with van der Waals surface area (Å²) in [5.41, 5.74) is 1.31. The van der Waals surface area contributed by atoms with Gasteiger partial charge in [-0.3, -0.25) is 9.59 Å². The highest BCUT2D eigenvalue weighted by molar-refractivity contribution is 6.30. The molecule has 2 amide bonds. The van der Waals surface area contributed by atoms with E-state index in [1.54, 1.807) is 0 Å². The summed E-state index contributed by atoms with van der Waals surface area (Å²) >= 11 is 12.1. The van der Waals surface area contributed by atoms with E-state index in [-0.39, 0.29) is 17.9 Å². The molecule has 2 fully saturated rings. The first-order valence-corrected chi connectivity index (χ1v) is 13.3. The minimum Gasteiger partial charge on any atom is -0.352 e. The SMILES string of the molecule is CN(C)C1CCC(NC(=O)[C@@H](Cc2ccc(Cl)cc2)NC(=O)C2(c3ccc(Cl)cc3)CCC2)CC1. The molecule has 2 aliphatic rings. The van der Waals surface area contributed by atoms with Crippen molar-refractivity contribution in [2.45, 2.75) is 74.9 Å². The first-order valence-electron chi connectivity index (χ1n) is 12.5. The highest BCUT2D eigenvalue weighted by Gasteiger charge is 2.46. The Hall–Kier alpha value is -2.08. The Balaban J connectivity index is 1.49. The molecule has 0 unspecified atom stereocenters. The molecule has 35 heavy (non-hydrogen) atoms. The van der Waals surface area contributed by atoms with Gasteiger partial charge in [-0.15, -0.1) is 0 Å². The number of halogens is 2. The molecule has 2 aliphatic carbocycles. The molecular formula is C28H35Cl2N3O2. The molecule has 1 atom stereocenters. The van der Waals surface area contributed by atoms with Crippen LogP contribution in [-0.4, -0.2) is 48.9 Å². The normalized spacial score (nSPS) is 22.2. The van der Waals surface area contributed by atoms with Gasteiger partial charge in [-0.25, -0.2) is 0 Å². The van der Waals surface area contributed by atoms with Gasteiger partial charge in [-0.05, 0) is 88.0 Å². The van der Waals surface area contributed by atoms with Crippen molar-refractivity contribution in [3.8, 4) is 0 Å². The van der Waals surface area contributed by atoms with E-state index in [0.29, 0.717) is 22.5 Å². The maximum Gasteiger partial charge on any atom is 0.243 e. The molecule has 0 aliphatic heterocycles. The van der Waals surface area contributed by atoms with Gasteiger partial charge in [0.05, 0.1) is 5.41 Å². The zero-order chi connectivity index (χ0) is 25.0. The van der Waals surface area contributed by atoms with Gasteiger partial charge in [0.15, 0.2) is 0 Å². The maximum absolute atomic E-state index is 13.7. The number of hydrogen-bond donors (Lipinski definition) is 2. The number of benzene rings is 2. The predicted molar refractivity (Wildman–Crippen MR) is 142 cm³/mol. The second-order valence-corrected chi connectivity index (χ2v) is 11.1. The summed E-state index contributed by atoms with van der Waals surface area (Å²) in [5.74, 6) is -0.205. The van der Waals surface area contributed by atoms with Gasteiger partial charge in [-0.2, -0.15) is 0 Å². The fraction of sp³-hybridized carbons (Fsp3) is 0.500. The summed E-state index contributed by atoms with van der Waals surface area (Å²) in [6, 6.07) is 15.0. The Bertz CT molecular complexity index is 1010. The van der Waals surface area contributed by atoms with Crippen LogP contribution in [0, 0.1) is 0 Å². The Kier molecular flexibility index (Phi) is 8.41. The number of hydrogen-bond acceptors (Lipinski definition) is 3. The van der Waals surface area contributed by atoms with Crippen LogP contribution in [0.2, 0.25) is 10.0 Å². The van der Waals surface area contributed by atoms with Crippen LogP contribution in [0.15, 0.2) is 48.5 Å². The number of amides is 2. The molecule has 2 aromatic rings. The number of carbonyl (C=O) groups is 2. The third-order valence-electron chi connectivity index (χ3n) is 7.79. The molecule has 0 heterocycles. The molecule has 0 bridgehead atoms. The average molecular weight is 517 g/mol. The number of nitrogens with zero attached hydrogens (tertiary/aromatic N) is 1. The molecule has 0 aromatic heterocycles. The monoisotopic (exact) mass is 515 g/mol. The van der Waals surface area contributed by atoms with E-state index in [1.165, 1.54) is 0 Å². The molecule has 0 spiro atoms. The average Bonchev–Trinajstić information content (AvgIpc) is 2.81. The molecule has 0 saturated heterocycles. The molecule has 2 aromatic carbocycles. The lowest BCUT2D eigenvalue weighted by Gasteiger charge is -2.41. The summed E-state index contributed by atoms with van der Waals surface area (Å²) in [7, 11) is 4.22. The highest BCUT2D eigenvalue weighted by Crippen LogP contribution is 2.44. The Morgan fingerprint density at radius 1 is 0.943 bits per heavy atom. The van der Waals surface area contributed by atoms with Gasteiger partial charge in [0.25, 0.3) is 0 Å². The first-order chi connectivity index (χ1) is 16.8. The lowest BCUT2D eigenvalue weighted by Crippen LogP contribution is -2.57. The standard InChI is InChI=1S/C28H35Cl2N3O2/c1-33(2)24-14-12-23(13-15-24)31-26(34)25(18-19-4-8-21(29)9-5-19)32-27(35)28(16-3-17-28)20-6-10-22(30)11-7-20/h4-11,23-25H,3,12-18H2,1-2H3,(H,31,34)(H,32,35)/t23?,24?,25-/m1/s1. The van der Waals surface area contributed by atoms with Crippen molar-refractivity contribution in [3.63, 3.8) is 0 Å². The lowest BCUT2D eigenvalue weighted by molar-refractivity contribution is -0.134. The summed E-state index contributed by atoms with van der Waals surface area (Å²) in [5, 5.41) is 7.65. The minimum absolute atomic E-state index is 0.0866. The zero-order valence-electron chi connectivity index (χ0n) is 20.5. The van der Waals surface area contributed by atoms with Crippen molar-refractivity contribution in [2.75, 3.05) is 14.1 Å². The quantitative estimate of drug-likeness (QED) is 0.512. The number of rotatable bonds is 8. The van der Waals surface area contributed by atoms with Crippen LogP contribution in [0.25, 0.3) is 0 Å². The highest BCUT2D eigenvalue weighted by atomic mass is 35.5. The minimum atomic E-state index is -0.653. The topological polar surface area (TPSA) is 61.4 Å². The molecule has 7 heteroatoms. The molecule has 5 nitrogen and oxygen atoms in total. The van der Waals surface area contributed by atoms with Gasteiger partial charge in [-0.1, -0.05) is 53.9 Å². The second-order valence-electron chi connectivity index (χ2n) is 10.3. The van der Waals surface area contributed by atoms with E-state index in [4.69, 9.17) is 23.2 Å². The van der Waals surface area contributed by atoms with Crippen LogP contribution in [0.3, 0.4) is 0 Å². The zero-order valence-corrected chi connectivity index (χ0v) is 22.0. The van der Waals surface area contributed by atoms with Crippen molar-refractivity contribution >= 4 is 35.0 Å². The molecule has 2 saturated carbocycles. The van der Waals surface area contributed by atoms with Gasteiger partial charge in [0.1, 0.15) is 6.04 Å². The summed E-state index contributed by atoms with van der Waals surface area (Å²) in [6.45, 7) is 0. The third kappa shape index (κ3) is 6.19. The fourth-order valence-corrected chi connectivity index (χ4v) is 5.60. The van der Waals surface area contributed by atoms with Crippen molar-refractivity contribution in [3.05, 3.63) is 69.7 Å². The van der Waals surface area contributed by atoms with Gasteiger partial charge in [0.2, 0.25) is 11.8 Å². The van der Waals surface area contributed by atoms with Gasteiger partial charge in [0, 0.05) is 28.5 Å². The van der Waals surface area contributed by atoms with Crippen LogP contribution in [0.1, 0.15) is 56.1 Å². The summed E-state index contributed by atoms with van der Waals surface area (Å²) in [6.07, 6.45) is 6.96. The number of carbonyl (C=O) groups excluding carboxylic acids is 2. The van der Waals surface area contributed by atoms with Crippen molar-refractivity contribution < 1.29 is 9.59 Å². The Morgan fingerprint density at radius 3 is 2.03 bits per heavy atom. The van der Waals surface area contributed by atoms with E-state index in [0.717, 1.165) is 56.1 Å². The predicted octanol–water partition coefficient (Wildman–Crippen LogP) is 5.13. The molecule has 0 radical (unpaired) electrons. The van der Waals surface area contributed by atoms with E-state index in [1.807, 2.05) is 48.5 Å². The van der Waals surface area contributed by atoms with Crippen LogP contribution < -0.4 is 10.6 Å². The fourth-order valence-electron chi connectivity index (χ4n) is 5.35. The van der Waals surface area contributed by atoms with Crippen LogP contribution in [-0.2, 0) is 21.4 Å². The maximum atomic E-state index is 13.7. The largest absolute Gasteiger partial charge is 0.352 e. The van der Waals surface area contributed by atoms with E-state index >= 15 is 0 Å². The van der Waals surface area contributed by atoms with Crippen molar-refractivity contribution in [1.29, 1.82) is 0 Å².